The minimum absolute atomic E-state index is 0.00200. The largest absolute Gasteiger partial charge is 0.352 e. The van der Waals surface area contributed by atoms with Crippen LogP contribution < -0.4 is 9.62 Å². The summed E-state index contributed by atoms with van der Waals surface area (Å²) in [6, 6.07) is 8.45. The van der Waals surface area contributed by atoms with Gasteiger partial charge >= 0.3 is 0 Å². The van der Waals surface area contributed by atoms with E-state index in [2.05, 4.69) is 5.32 Å². The Morgan fingerprint density at radius 1 is 0.971 bits per heavy atom. The average Bonchev–Trinajstić information content (AvgIpc) is 2.78. The van der Waals surface area contributed by atoms with Gasteiger partial charge in [0.05, 0.1) is 27.0 Å². The summed E-state index contributed by atoms with van der Waals surface area (Å²) >= 11 is 24.6. The summed E-state index contributed by atoms with van der Waals surface area (Å²) in [5.74, 6) is -1.01. The van der Waals surface area contributed by atoms with Gasteiger partial charge in [-0.25, -0.2) is 8.42 Å². The summed E-state index contributed by atoms with van der Waals surface area (Å²) in [4.78, 5) is 27.7. The molecule has 0 aliphatic rings. The molecule has 0 saturated carbocycles. The molecule has 1 N–H and O–H groups in total. The highest BCUT2D eigenvalue weighted by Crippen LogP contribution is 2.35. The zero-order valence-corrected chi connectivity index (χ0v) is 23.5. The number of rotatable bonds is 10. The van der Waals surface area contributed by atoms with E-state index in [1.165, 1.54) is 17.0 Å². The summed E-state index contributed by atoms with van der Waals surface area (Å²) in [6.07, 6.45) is 1.64. The number of amides is 2. The zero-order valence-electron chi connectivity index (χ0n) is 19.7. The van der Waals surface area contributed by atoms with E-state index in [-0.39, 0.29) is 39.2 Å². The molecule has 0 aromatic heterocycles. The number of hydrogen-bond donors (Lipinski definition) is 1. The number of nitrogens with zero attached hydrogens (tertiary/aromatic N) is 2. The maximum Gasteiger partial charge on any atom is 0.244 e. The number of nitrogens with one attached hydrogen (secondary N) is 1. The Labute approximate surface area is 226 Å². The van der Waals surface area contributed by atoms with E-state index >= 15 is 0 Å². The fourth-order valence-corrected chi connectivity index (χ4v) is 4.90. The van der Waals surface area contributed by atoms with Crippen LogP contribution in [0.15, 0.2) is 36.4 Å². The Hall–Kier alpha value is -1.71. The van der Waals surface area contributed by atoms with Crippen molar-refractivity contribution in [2.45, 2.75) is 45.8 Å². The van der Waals surface area contributed by atoms with Gasteiger partial charge in [0.1, 0.15) is 12.6 Å². The molecular weight excluding hydrogens is 556 g/mol. The monoisotopic (exact) mass is 581 g/mol. The van der Waals surface area contributed by atoms with Crippen molar-refractivity contribution in [1.29, 1.82) is 0 Å². The molecule has 0 bridgehead atoms. The van der Waals surface area contributed by atoms with Crippen LogP contribution in [0.1, 0.15) is 32.8 Å². The lowest BCUT2D eigenvalue weighted by atomic mass is 10.1. The van der Waals surface area contributed by atoms with Gasteiger partial charge in [-0.15, -0.1) is 0 Å². The first kappa shape index (κ1) is 29.5. The van der Waals surface area contributed by atoms with E-state index in [0.29, 0.717) is 17.0 Å². The van der Waals surface area contributed by atoms with Crippen molar-refractivity contribution in [1.82, 2.24) is 10.2 Å². The van der Waals surface area contributed by atoms with E-state index in [1.807, 2.05) is 13.8 Å². The van der Waals surface area contributed by atoms with E-state index in [9.17, 15) is 18.0 Å². The van der Waals surface area contributed by atoms with Crippen LogP contribution in [0.2, 0.25) is 20.1 Å². The molecule has 0 unspecified atom stereocenters. The van der Waals surface area contributed by atoms with Crippen LogP contribution >= 0.6 is 46.4 Å². The molecule has 7 nitrogen and oxygen atoms in total. The molecule has 2 rings (SSSR count). The molecule has 0 heterocycles. The normalized spacial score (nSPS) is 13.1. The lowest BCUT2D eigenvalue weighted by Crippen LogP contribution is -2.52. The predicted molar refractivity (Wildman–Crippen MR) is 143 cm³/mol. The van der Waals surface area contributed by atoms with Gasteiger partial charge < -0.3 is 10.2 Å². The summed E-state index contributed by atoms with van der Waals surface area (Å²) < 4.78 is 26.2. The Morgan fingerprint density at radius 3 is 2.14 bits per heavy atom. The van der Waals surface area contributed by atoms with Crippen LogP contribution in [0.25, 0.3) is 0 Å². The van der Waals surface area contributed by atoms with Crippen LogP contribution in [-0.2, 0) is 26.2 Å². The summed E-state index contributed by atoms with van der Waals surface area (Å²) in [6.45, 7) is 4.71. The van der Waals surface area contributed by atoms with Gasteiger partial charge in [0.2, 0.25) is 21.8 Å². The number of sulfonamides is 1. The van der Waals surface area contributed by atoms with Crippen molar-refractivity contribution >= 4 is 73.9 Å². The quantitative estimate of drug-likeness (QED) is 0.380. The fraction of sp³-hybridized carbons (Fsp3) is 0.391. The van der Waals surface area contributed by atoms with E-state index < -0.39 is 28.5 Å². The molecule has 2 atom stereocenters. The van der Waals surface area contributed by atoms with Gasteiger partial charge in [0, 0.05) is 17.6 Å². The number of carbonyl (C=O) groups is 2. The lowest BCUT2D eigenvalue weighted by molar-refractivity contribution is -0.139. The molecular formula is C23H27Cl4N3O4S. The Balaban J connectivity index is 2.47. The molecule has 0 spiro atoms. The smallest absolute Gasteiger partial charge is 0.244 e. The van der Waals surface area contributed by atoms with Gasteiger partial charge in [-0.05, 0) is 44.0 Å². The second-order valence-electron chi connectivity index (χ2n) is 8.09. The molecule has 2 aromatic carbocycles. The van der Waals surface area contributed by atoms with Gasteiger partial charge in [-0.3, -0.25) is 13.9 Å². The number of benzene rings is 2. The highest BCUT2D eigenvalue weighted by atomic mass is 35.5. The highest BCUT2D eigenvalue weighted by Gasteiger charge is 2.31. The van der Waals surface area contributed by atoms with Crippen molar-refractivity contribution in [2.75, 3.05) is 17.1 Å². The fourth-order valence-electron chi connectivity index (χ4n) is 3.16. The third-order valence-electron chi connectivity index (χ3n) is 5.40. The molecule has 192 valence electrons. The molecule has 2 amide bonds. The Morgan fingerprint density at radius 2 is 1.57 bits per heavy atom. The van der Waals surface area contributed by atoms with E-state index in [1.54, 1.807) is 31.2 Å². The molecule has 0 fully saturated rings. The van der Waals surface area contributed by atoms with Crippen LogP contribution in [0.3, 0.4) is 0 Å². The van der Waals surface area contributed by atoms with Crippen molar-refractivity contribution in [2.24, 2.45) is 0 Å². The molecule has 0 radical (unpaired) electrons. The van der Waals surface area contributed by atoms with Crippen molar-refractivity contribution in [3.63, 3.8) is 0 Å². The minimum Gasteiger partial charge on any atom is -0.352 e. The van der Waals surface area contributed by atoms with Crippen molar-refractivity contribution in [3.8, 4) is 0 Å². The van der Waals surface area contributed by atoms with E-state index in [4.69, 9.17) is 46.4 Å². The Bertz CT molecular complexity index is 1190. The number of anilines is 1. The average molecular weight is 583 g/mol. The third kappa shape index (κ3) is 7.89. The van der Waals surface area contributed by atoms with Crippen LogP contribution in [-0.4, -0.2) is 50.0 Å². The molecule has 0 saturated heterocycles. The number of carbonyl (C=O) groups excluding carboxylic acids is 2. The lowest BCUT2D eigenvalue weighted by Gasteiger charge is -2.32. The third-order valence-corrected chi connectivity index (χ3v) is 7.92. The van der Waals surface area contributed by atoms with Gasteiger partial charge in [0.15, 0.2) is 0 Å². The summed E-state index contributed by atoms with van der Waals surface area (Å²) in [5.41, 5.74) is 0.593. The first-order chi connectivity index (χ1) is 16.3. The molecule has 0 aliphatic heterocycles. The van der Waals surface area contributed by atoms with E-state index in [0.717, 1.165) is 10.6 Å². The highest BCUT2D eigenvalue weighted by molar-refractivity contribution is 7.92. The van der Waals surface area contributed by atoms with Crippen LogP contribution in [0.5, 0.6) is 0 Å². The maximum atomic E-state index is 13.5. The first-order valence-corrected chi connectivity index (χ1v) is 14.1. The second-order valence-corrected chi connectivity index (χ2v) is 11.6. The molecule has 35 heavy (non-hydrogen) atoms. The summed E-state index contributed by atoms with van der Waals surface area (Å²) in [5, 5.41) is 3.47. The Kier molecular flexibility index (Phi) is 10.5. The second kappa shape index (κ2) is 12.5. The number of hydrogen-bond acceptors (Lipinski definition) is 4. The maximum absolute atomic E-state index is 13.5. The predicted octanol–water partition coefficient (Wildman–Crippen LogP) is 5.40. The molecule has 12 heteroatoms. The molecule has 0 aliphatic carbocycles. The summed E-state index contributed by atoms with van der Waals surface area (Å²) in [7, 11) is -3.98. The van der Waals surface area contributed by atoms with Gasteiger partial charge in [-0.1, -0.05) is 71.5 Å². The topological polar surface area (TPSA) is 86.8 Å². The SMILES string of the molecule is CC[C@@H](C)NC(=O)[C@@H](C)N(Cc1ccccc1Cl)C(=O)CN(c1cc(Cl)c(Cl)cc1Cl)S(C)(=O)=O. The van der Waals surface area contributed by atoms with Crippen molar-refractivity contribution < 1.29 is 18.0 Å². The zero-order chi connectivity index (χ0) is 26.5. The standard InChI is InChI=1S/C23H27Cl4N3O4S/c1-5-14(2)28-23(32)15(3)29(12-16-8-6-7-9-17(16)24)22(31)13-30(35(4,33)34)21-11-19(26)18(25)10-20(21)27/h6-11,14-15H,5,12-13H2,1-4H3,(H,28,32)/t14-,15-/m1/s1. The first-order valence-electron chi connectivity index (χ1n) is 10.7. The van der Waals surface area contributed by atoms with Crippen LogP contribution in [0.4, 0.5) is 5.69 Å². The van der Waals surface area contributed by atoms with Crippen molar-refractivity contribution in [3.05, 3.63) is 62.1 Å². The minimum atomic E-state index is -3.98. The number of halogens is 4. The van der Waals surface area contributed by atoms with Gasteiger partial charge in [-0.2, -0.15) is 0 Å². The van der Waals surface area contributed by atoms with Gasteiger partial charge in [0.25, 0.3) is 0 Å². The molecule has 2 aromatic rings. The van der Waals surface area contributed by atoms with Crippen LogP contribution in [0, 0.1) is 0 Å².